The van der Waals surface area contributed by atoms with E-state index < -0.39 is 0 Å². The van der Waals surface area contributed by atoms with Crippen molar-refractivity contribution in [1.29, 1.82) is 0 Å². The molecule has 0 aromatic rings. The first-order valence-electron chi connectivity index (χ1n) is 9.03. The van der Waals surface area contributed by atoms with Crippen LogP contribution >= 0.6 is 0 Å². The second-order valence-electron chi connectivity index (χ2n) is 7.67. The van der Waals surface area contributed by atoms with Gasteiger partial charge in [-0.25, -0.2) is 0 Å². The predicted octanol–water partition coefficient (Wildman–Crippen LogP) is 3.15. The highest BCUT2D eigenvalue weighted by Crippen LogP contribution is 2.43. The quantitative estimate of drug-likeness (QED) is 0.730. The van der Waals surface area contributed by atoms with Crippen molar-refractivity contribution in [1.82, 2.24) is 9.80 Å². The SMILES string of the molecule is C1=C[C@H]2C[C@H]1C[C@@H]2CN1CCC(N2CCCCC2)CC1. The Balaban J connectivity index is 1.24. The molecule has 112 valence electrons. The molecule has 0 aromatic carbocycles. The highest BCUT2D eigenvalue weighted by atomic mass is 15.2. The van der Waals surface area contributed by atoms with Crippen molar-refractivity contribution >= 4 is 0 Å². The standard InChI is InChI=1S/C18H30N2/c1-2-8-20(9-3-1)18-6-10-19(11-7-18)14-17-13-15-4-5-16(17)12-15/h4-5,15-18H,1-3,6-14H2/t15-,16-,17+/m0/s1. The summed E-state index contributed by atoms with van der Waals surface area (Å²) in [6.45, 7) is 6.86. The van der Waals surface area contributed by atoms with E-state index in [1.165, 1.54) is 77.7 Å². The predicted molar refractivity (Wildman–Crippen MR) is 83.7 cm³/mol. The van der Waals surface area contributed by atoms with Crippen LogP contribution in [0.15, 0.2) is 12.2 Å². The molecule has 0 amide bonds. The van der Waals surface area contributed by atoms with Crippen LogP contribution in [0.1, 0.15) is 44.9 Å². The van der Waals surface area contributed by atoms with Crippen LogP contribution in [0.4, 0.5) is 0 Å². The number of hydrogen-bond donors (Lipinski definition) is 0. The van der Waals surface area contributed by atoms with Crippen molar-refractivity contribution in [2.75, 3.05) is 32.7 Å². The third-order valence-corrected chi connectivity index (χ3v) is 6.37. The Morgan fingerprint density at radius 1 is 0.850 bits per heavy atom. The van der Waals surface area contributed by atoms with E-state index in [0.717, 1.165) is 23.8 Å². The van der Waals surface area contributed by atoms with Gasteiger partial charge in [0.15, 0.2) is 0 Å². The first kappa shape index (κ1) is 13.3. The normalized spacial score (nSPS) is 39.7. The number of piperidine rings is 2. The molecule has 0 N–H and O–H groups in total. The lowest BCUT2D eigenvalue weighted by Gasteiger charge is -2.41. The van der Waals surface area contributed by atoms with Crippen LogP contribution < -0.4 is 0 Å². The van der Waals surface area contributed by atoms with Crippen LogP contribution in [0.2, 0.25) is 0 Å². The largest absolute Gasteiger partial charge is 0.303 e. The second kappa shape index (κ2) is 5.81. The highest BCUT2D eigenvalue weighted by molar-refractivity contribution is 5.10. The van der Waals surface area contributed by atoms with E-state index >= 15 is 0 Å². The summed E-state index contributed by atoms with van der Waals surface area (Å²) in [5.41, 5.74) is 0. The zero-order valence-electron chi connectivity index (χ0n) is 12.8. The Morgan fingerprint density at radius 2 is 1.65 bits per heavy atom. The van der Waals surface area contributed by atoms with Crippen LogP contribution in [0.25, 0.3) is 0 Å². The lowest BCUT2D eigenvalue weighted by atomic mass is 9.92. The van der Waals surface area contributed by atoms with Gasteiger partial charge in [-0.2, -0.15) is 0 Å². The molecule has 2 aliphatic carbocycles. The lowest BCUT2D eigenvalue weighted by Crippen LogP contribution is -2.47. The fraction of sp³-hybridized carbons (Fsp3) is 0.889. The molecule has 0 unspecified atom stereocenters. The number of hydrogen-bond acceptors (Lipinski definition) is 2. The van der Waals surface area contributed by atoms with Gasteiger partial charge in [-0.1, -0.05) is 18.6 Å². The van der Waals surface area contributed by atoms with Crippen molar-refractivity contribution in [3.63, 3.8) is 0 Å². The van der Waals surface area contributed by atoms with E-state index in [1.807, 2.05) is 0 Å². The van der Waals surface area contributed by atoms with E-state index in [2.05, 4.69) is 22.0 Å². The minimum absolute atomic E-state index is 0.909. The smallest absolute Gasteiger partial charge is 0.0120 e. The number of rotatable bonds is 3. The second-order valence-corrected chi connectivity index (χ2v) is 7.67. The van der Waals surface area contributed by atoms with Gasteiger partial charge in [0.25, 0.3) is 0 Å². The molecule has 4 aliphatic rings. The molecule has 2 heteroatoms. The van der Waals surface area contributed by atoms with Crippen LogP contribution in [-0.2, 0) is 0 Å². The summed E-state index contributed by atoms with van der Waals surface area (Å²) in [7, 11) is 0. The van der Waals surface area contributed by atoms with Gasteiger partial charge in [0.1, 0.15) is 0 Å². The average Bonchev–Trinajstić information content (AvgIpc) is 3.12. The molecule has 2 bridgehead atoms. The van der Waals surface area contributed by atoms with Crippen molar-refractivity contribution in [3.05, 3.63) is 12.2 Å². The van der Waals surface area contributed by atoms with Crippen LogP contribution in [0, 0.1) is 17.8 Å². The summed E-state index contributed by atoms with van der Waals surface area (Å²) in [5.74, 6) is 2.85. The fourth-order valence-electron chi connectivity index (χ4n) is 5.19. The zero-order chi connectivity index (χ0) is 13.4. The molecule has 1 saturated carbocycles. The Bertz CT molecular complexity index is 350. The summed E-state index contributed by atoms with van der Waals surface area (Å²) in [4.78, 5) is 5.57. The van der Waals surface area contributed by atoms with Gasteiger partial charge >= 0.3 is 0 Å². The van der Waals surface area contributed by atoms with E-state index in [1.54, 1.807) is 0 Å². The number of fused-ring (bicyclic) bond motifs is 2. The van der Waals surface area contributed by atoms with Crippen LogP contribution in [-0.4, -0.2) is 48.6 Å². The van der Waals surface area contributed by atoms with Gasteiger partial charge in [0.05, 0.1) is 0 Å². The van der Waals surface area contributed by atoms with Crippen molar-refractivity contribution in [3.8, 4) is 0 Å². The molecule has 0 aromatic heterocycles. The topological polar surface area (TPSA) is 6.48 Å². The summed E-state index contributed by atoms with van der Waals surface area (Å²) in [5, 5.41) is 0. The minimum Gasteiger partial charge on any atom is -0.303 e. The van der Waals surface area contributed by atoms with Gasteiger partial charge in [-0.05, 0) is 82.5 Å². The summed E-state index contributed by atoms with van der Waals surface area (Å²) >= 11 is 0. The molecule has 2 saturated heterocycles. The van der Waals surface area contributed by atoms with Crippen molar-refractivity contribution < 1.29 is 0 Å². The Kier molecular flexibility index (Phi) is 3.87. The Labute approximate surface area is 124 Å². The summed E-state index contributed by atoms with van der Waals surface area (Å²) in [6, 6.07) is 0.909. The minimum atomic E-state index is 0.909. The first-order valence-corrected chi connectivity index (χ1v) is 9.03. The highest BCUT2D eigenvalue weighted by Gasteiger charge is 2.37. The molecular formula is C18H30N2. The van der Waals surface area contributed by atoms with Crippen LogP contribution in [0.5, 0.6) is 0 Å². The van der Waals surface area contributed by atoms with Gasteiger partial charge in [0.2, 0.25) is 0 Å². The zero-order valence-corrected chi connectivity index (χ0v) is 12.8. The number of likely N-dealkylation sites (tertiary alicyclic amines) is 2. The van der Waals surface area contributed by atoms with Gasteiger partial charge < -0.3 is 9.80 Å². The monoisotopic (exact) mass is 274 g/mol. The molecule has 0 spiro atoms. The van der Waals surface area contributed by atoms with E-state index in [0.29, 0.717) is 0 Å². The average molecular weight is 274 g/mol. The summed E-state index contributed by atoms with van der Waals surface area (Å²) < 4.78 is 0. The Morgan fingerprint density at radius 3 is 2.30 bits per heavy atom. The summed E-state index contributed by atoms with van der Waals surface area (Å²) in [6.07, 6.45) is 15.1. The van der Waals surface area contributed by atoms with E-state index in [-0.39, 0.29) is 0 Å². The Hall–Kier alpha value is -0.340. The van der Waals surface area contributed by atoms with Gasteiger partial charge in [-0.3, -0.25) is 0 Å². The van der Waals surface area contributed by atoms with Gasteiger partial charge in [0, 0.05) is 12.6 Å². The molecular weight excluding hydrogens is 244 g/mol. The maximum atomic E-state index is 2.79. The molecule has 2 aliphatic heterocycles. The molecule has 3 atom stereocenters. The third kappa shape index (κ3) is 2.69. The molecule has 20 heavy (non-hydrogen) atoms. The van der Waals surface area contributed by atoms with Gasteiger partial charge in [-0.15, -0.1) is 0 Å². The molecule has 0 radical (unpaired) electrons. The van der Waals surface area contributed by atoms with Crippen molar-refractivity contribution in [2.24, 2.45) is 17.8 Å². The van der Waals surface area contributed by atoms with Crippen molar-refractivity contribution in [2.45, 2.75) is 51.0 Å². The lowest BCUT2D eigenvalue weighted by molar-refractivity contribution is 0.0830. The first-order chi connectivity index (χ1) is 9.88. The molecule has 4 rings (SSSR count). The molecule has 2 nitrogen and oxygen atoms in total. The third-order valence-electron chi connectivity index (χ3n) is 6.37. The van der Waals surface area contributed by atoms with E-state index in [9.17, 15) is 0 Å². The molecule has 3 fully saturated rings. The number of allylic oxidation sites excluding steroid dienone is 2. The maximum Gasteiger partial charge on any atom is 0.0120 e. The van der Waals surface area contributed by atoms with Crippen LogP contribution in [0.3, 0.4) is 0 Å². The maximum absolute atomic E-state index is 2.79. The molecule has 2 heterocycles. The van der Waals surface area contributed by atoms with E-state index in [4.69, 9.17) is 0 Å². The number of nitrogens with zero attached hydrogens (tertiary/aromatic N) is 2. The fourth-order valence-corrected chi connectivity index (χ4v) is 5.19.